The first-order valence-electron chi connectivity index (χ1n) is 4.83. The summed E-state index contributed by atoms with van der Waals surface area (Å²) in [5.41, 5.74) is 1.24. The van der Waals surface area contributed by atoms with E-state index in [1.165, 1.54) is 5.56 Å². The predicted octanol–water partition coefficient (Wildman–Crippen LogP) is 3.41. The van der Waals surface area contributed by atoms with Crippen LogP contribution in [0.15, 0.2) is 30.3 Å². The molecule has 1 atom stereocenters. The molecule has 0 saturated heterocycles. The van der Waals surface area contributed by atoms with Gasteiger partial charge in [0, 0.05) is 6.42 Å². The molecular weight excluding hydrogens is 160 g/mol. The lowest BCUT2D eigenvalue weighted by Gasteiger charge is -2.06. The zero-order chi connectivity index (χ0) is 10.1. The second-order valence-corrected chi connectivity index (χ2v) is 2.71. The number of benzene rings is 1. The SMILES string of the molecule is CC.CC(CC=O)c1ccccc1. The van der Waals surface area contributed by atoms with Crippen LogP contribution >= 0.6 is 0 Å². The fourth-order valence-electron chi connectivity index (χ4n) is 1.06. The number of carbonyl (C=O) groups excluding carboxylic acids is 1. The van der Waals surface area contributed by atoms with Crippen molar-refractivity contribution in [3.63, 3.8) is 0 Å². The van der Waals surface area contributed by atoms with Crippen LogP contribution in [-0.4, -0.2) is 6.29 Å². The molecule has 0 fully saturated rings. The van der Waals surface area contributed by atoms with Gasteiger partial charge < -0.3 is 4.79 Å². The average Bonchev–Trinajstić information content (AvgIpc) is 2.23. The van der Waals surface area contributed by atoms with Gasteiger partial charge >= 0.3 is 0 Å². The van der Waals surface area contributed by atoms with Gasteiger partial charge in [-0.15, -0.1) is 0 Å². The van der Waals surface area contributed by atoms with Gasteiger partial charge in [-0.05, 0) is 11.5 Å². The first kappa shape index (κ1) is 11.9. The molecule has 0 spiro atoms. The fraction of sp³-hybridized carbons (Fsp3) is 0.417. The Hall–Kier alpha value is -1.11. The topological polar surface area (TPSA) is 17.1 Å². The predicted molar refractivity (Wildman–Crippen MR) is 56.9 cm³/mol. The van der Waals surface area contributed by atoms with Crippen LogP contribution in [-0.2, 0) is 4.79 Å². The smallest absolute Gasteiger partial charge is 0.120 e. The number of hydrogen-bond acceptors (Lipinski definition) is 1. The maximum absolute atomic E-state index is 10.2. The molecule has 0 radical (unpaired) electrons. The minimum atomic E-state index is 0.355. The van der Waals surface area contributed by atoms with Gasteiger partial charge in [0.2, 0.25) is 0 Å². The van der Waals surface area contributed by atoms with E-state index < -0.39 is 0 Å². The molecule has 0 aliphatic rings. The van der Waals surface area contributed by atoms with Gasteiger partial charge in [0.1, 0.15) is 6.29 Å². The maximum Gasteiger partial charge on any atom is 0.120 e. The molecule has 1 unspecified atom stereocenters. The minimum absolute atomic E-state index is 0.355. The number of rotatable bonds is 3. The zero-order valence-corrected chi connectivity index (χ0v) is 8.66. The third kappa shape index (κ3) is 4.46. The van der Waals surface area contributed by atoms with E-state index in [1.807, 2.05) is 44.2 Å². The molecule has 0 aliphatic heterocycles. The monoisotopic (exact) mass is 178 g/mol. The lowest BCUT2D eigenvalue weighted by atomic mass is 9.99. The first-order valence-corrected chi connectivity index (χ1v) is 4.83. The van der Waals surface area contributed by atoms with E-state index in [0.29, 0.717) is 12.3 Å². The highest BCUT2D eigenvalue weighted by Crippen LogP contribution is 2.16. The van der Waals surface area contributed by atoms with Crippen LogP contribution in [0.1, 0.15) is 38.7 Å². The summed E-state index contributed by atoms with van der Waals surface area (Å²) in [4.78, 5) is 10.2. The zero-order valence-electron chi connectivity index (χ0n) is 8.66. The van der Waals surface area contributed by atoms with Gasteiger partial charge in [0.25, 0.3) is 0 Å². The summed E-state index contributed by atoms with van der Waals surface area (Å²) in [7, 11) is 0. The van der Waals surface area contributed by atoms with Crippen molar-refractivity contribution in [2.45, 2.75) is 33.1 Å². The Morgan fingerprint density at radius 3 is 2.23 bits per heavy atom. The average molecular weight is 178 g/mol. The van der Waals surface area contributed by atoms with E-state index in [1.54, 1.807) is 0 Å². The second kappa shape index (κ2) is 7.53. The van der Waals surface area contributed by atoms with Crippen LogP contribution in [0.2, 0.25) is 0 Å². The normalized spacial score (nSPS) is 11.0. The molecule has 1 rings (SSSR count). The van der Waals surface area contributed by atoms with Crippen molar-refractivity contribution in [3.05, 3.63) is 35.9 Å². The van der Waals surface area contributed by atoms with E-state index in [9.17, 15) is 4.79 Å². The highest BCUT2D eigenvalue weighted by molar-refractivity contribution is 5.51. The highest BCUT2D eigenvalue weighted by Gasteiger charge is 2.01. The van der Waals surface area contributed by atoms with E-state index in [4.69, 9.17) is 0 Å². The number of hydrogen-bond donors (Lipinski definition) is 0. The van der Waals surface area contributed by atoms with E-state index in [2.05, 4.69) is 6.92 Å². The third-order valence-corrected chi connectivity index (χ3v) is 1.82. The summed E-state index contributed by atoms with van der Waals surface area (Å²) in [5.74, 6) is 0.355. The van der Waals surface area contributed by atoms with Crippen LogP contribution in [0.25, 0.3) is 0 Å². The molecule has 1 nitrogen and oxygen atoms in total. The Balaban J connectivity index is 0.000000671. The van der Waals surface area contributed by atoms with Crippen molar-refractivity contribution in [1.29, 1.82) is 0 Å². The molecule has 1 aromatic carbocycles. The summed E-state index contributed by atoms with van der Waals surface area (Å²) in [6.07, 6.45) is 1.58. The van der Waals surface area contributed by atoms with Crippen LogP contribution < -0.4 is 0 Å². The molecule has 0 heterocycles. The molecule has 0 amide bonds. The third-order valence-electron chi connectivity index (χ3n) is 1.82. The van der Waals surface area contributed by atoms with Crippen molar-refractivity contribution in [1.82, 2.24) is 0 Å². The molecule has 0 aromatic heterocycles. The molecule has 0 saturated carbocycles. The van der Waals surface area contributed by atoms with Crippen molar-refractivity contribution in [2.24, 2.45) is 0 Å². The molecule has 1 aromatic rings. The quantitative estimate of drug-likeness (QED) is 0.648. The van der Waals surface area contributed by atoms with Crippen molar-refractivity contribution < 1.29 is 4.79 Å². The molecule has 0 N–H and O–H groups in total. The Labute approximate surface area is 80.8 Å². The Bertz CT molecular complexity index is 216. The lowest BCUT2D eigenvalue weighted by molar-refractivity contribution is -0.108. The maximum atomic E-state index is 10.2. The van der Waals surface area contributed by atoms with Crippen LogP contribution in [0.3, 0.4) is 0 Å². The fourth-order valence-corrected chi connectivity index (χ4v) is 1.06. The summed E-state index contributed by atoms with van der Waals surface area (Å²) < 4.78 is 0. The van der Waals surface area contributed by atoms with Crippen LogP contribution in [0, 0.1) is 0 Å². The molecule has 13 heavy (non-hydrogen) atoms. The molecule has 72 valence electrons. The standard InChI is InChI=1S/C10H12O.C2H6/c1-9(7-8-11)10-5-3-2-4-6-10;1-2/h2-6,8-9H,7H2,1H3;1-2H3. The van der Waals surface area contributed by atoms with Crippen LogP contribution in [0.5, 0.6) is 0 Å². The Morgan fingerprint density at radius 2 is 1.77 bits per heavy atom. The molecule has 0 bridgehead atoms. The van der Waals surface area contributed by atoms with Gasteiger partial charge in [0.05, 0.1) is 0 Å². The minimum Gasteiger partial charge on any atom is -0.303 e. The van der Waals surface area contributed by atoms with Gasteiger partial charge in [-0.1, -0.05) is 51.1 Å². The van der Waals surface area contributed by atoms with Gasteiger partial charge in [0.15, 0.2) is 0 Å². The van der Waals surface area contributed by atoms with E-state index in [-0.39, 0.29) is 0 Å². The molecular formula is C12H18O. The lowest BCUT2D eigenvalue weighted by Crippen LogP contribution is -1.92. The van der Waals surface area contributed by atoms with Crippen molar-refractivity contribution in [3.8, 4) is 0 Å². The first-order chi connectivity index (χ1) is 6.34. The molecule has 0 aliphatic carbocycles. The number of carbonyl (C=O) groups is 1. The second-order valence-electron chi connectivity index (χ2n) is 2.71. The van der Waals surface area contributed by atoms with Crippen molar-refractivity contribution in [2.75, 3.05) is 0 Å². The summed E-state index contributed by atoms with van der Waals surface area (Å²) >= 11 is 0. The summed E-state index contributed by atoms with van der Waals surface area (Å²) in [5, 5.41) is 0. The van der Waals surface area contributed by atoms with Crippen LogP contribution in [0.4, 0.5) is 0 Å². The highest BCUT2D eigenvalue weighted by atomic mass is 16.1. The number of aldehydes is 1. The Kier molecular flexibility index (Phi) is 6.89. The van der Waals surface area contributed by atoms with Crippen molar-refractivity contribution >= 4 is 6.29 Å². The Morgan fingerprint density at radius 1 is 1.23 bits per heavy atom. The van der Waals surface area contributed by atoms with Gasteiger partial charge in [-0.3, -0.25) is 0 Å². The van der Waals surface area contributed by atoms with E-state index in [0.717, 1.165) is 6.29 Å². The van der Waals surface area contributed by atoms with Gasteiger partial charge in [-0.25, -0.2) is 0 Å². The largest absolute Gasteiger partial charge is 0.303 e. The summed E-state index contributed by atoms with van der Waals surface area (Å²) in [6.45, 7) is 6.06. The summed E-state index contributed by atoms with van der Waals surface area (Å²) in [6, 6.07) is 10.1. The van der Waals surface area contributed by atoms with Gasteiger partial charge in [-0.2, -0.15) is 0 Å². The molecule has 1 heteroatoms. The van der Waals surface area contributed by atoms with E-state index >= 15 is 0 Å².